The van der Waals surface area contributed by atoms with Crippen molar-refractivity contribution in [3.63, 3.8) is 0 Å². The van der Waals surface area contributed by atoms with Crippen LogP contribution in [0.5, 0.6) is 0 Å². The molecule has 0 saturated heterocycles. The first-order valence-corrected chi connectivity index (χ1v) is 11.1. The van der Waals surface area contributed by atoms with Gasteiger partial charge < -0.3 is 18.9 Å². The van der Waals surface area contributed by atoms with E-state index in [-0.39, 0.29) is 5.57 Å². The molecule has 3 aliphatic carbocycles. The molecule has 0 aliphatic heterocycles. The zero-order valence-corrected chi connectivity index (χ0v) is 19.4. The standard InChI is InChI=1S/C24H30O9/c1-30-20(26)15-13-11-9-7-5-6-8-10-12-14(13)24(23(29)33-4)17(15)16(21(27)31-2)19(25)18(24)22(28)32-3/h5-6,13-15,18H,7-12H2,1-4H3/b6-5-/t13-,14-,15-,18+,24+/m0/s1. The van der Waals surface area contributed by atoms with Crippen molar-refractivity contribution in [2.75, 3.05) is 28.4 Å². The highest BCUT2D eigenvalue weighted by atomic mass is 16.5. The smallest absolute Gasteiger partial charge is 0.341 e. The molecule has 0 radical (unpaired) electrons. The fourth-order valence-electron chi connectivity index (χ4n) is 6.12. The minimum atomic E-state index is -1.84. The highest BCUT2D eigenvalue weighted by molar-refractivity contribution is 6.28. The number of allylic oxidation sites excluding steroid dienone is 2. The Kier molecular flexibility index (Phi) is 7.39. The summed E-state index contributed by atoms with van der Waals surface area (Å²) in [6, 6.07) is 0. The molecule has 0 spiro atoms. The van der Waals surface area contributed by atoms with Crippen molar-refractivity contribution in [1.29, 1.82) is 0 Å². The number of carbonyl (C=O) groups excluding carboxylic acids is 5. The third-order valence-electron chi connectivity index (χ3n) is 7.29. The van der Waals surface area contributed by atoms with E-state index in [2.05, 4.69) is 12.2 Å². The molecule has 3 aliphatic rings. The van der Waals surface area contributed by atoms with Gasteiger partial charge in [0.25, 0.3) is 0 Å². The van der Waals surface area contributed by atoms with Crippen molar-refractivity contribution >= 4 is 29.7 Å². The number of fused-ring (bicyclic) bond motifs is 3. The molecule has 0 aromatic carbocycles. The van der Waals surface area contributed by atoms with Crippen molar-refractivity contribution in [3.05, 3.63) is 23.3 Å². The number of hydrogen-bond acceptors (Lipinski definition) is 9. The molecule has 3 rings (SSSR count). The monoisotopic (exact) mass is 462 g/mol. The lowest BCUT2D eigenvalue weighted by atomic mass is 9.64. The molecule has 0 heterocycles. The molecule has 0 N–H and O–H groups in total. The minimum absolute atomic E-state index is 0.0179. The lowest BCUT2D eigenvalue weighted by molar-refractivity contribution is -0.168. The van der Waals surface area contributed by atoms with E-state index in [1.165, 1.54) is 7.11 Å². The molecule has 1 saturated carbocycles. The molecule has 33 heavy (non-hydrogen) atoms. The maximum Gasteiger partial charge on any atom is 0.341 e. The molecule has 9 heteroatoms. The van der Waals surface area contributed by atoms with Crippen LogP contribution in [0.25, 0.3) is 0 Å². The highest BCUT2D eigenvalue weighted by Crippen LogP contribution is 2.66. The van der Waals surface area contributed by atoms with Crippen molar-refractivity contribution < 1.29 is 42.9 Å². The van der Waals surface area contributed by atoms with Crippen LogP contribution >= 0.6 is 0 Å². The van der Waals surface area contributed by atoms with Crippen molar-refractivity contribution in [1.82, 2.24) is 0 Å². The quantitative estimate of drug-likeness (QED) is 0.203. The Hall–Kier alpha value is -2.97. The van der Waals surface area contributed by atoms with Crippen LogP contribution in [0.15, 0.2) is 23.3 Å². The molecular weight excluding hydrogens is 432 g/mol. The van der Waals surface area contributed by atoms with Gasteiger partial charge in [0.2, 0.25) is 0 Å². The van der Waals surface area contributed by atoms with Gasteiger partial charge in [-0.3, -0.25) is 19.2 Å². The topological polar surface area (TPSA) is 122 Å². The zero-order valence-electron chi connectivity index (χ0n) is 19.4. The number of rotatable bonds is 4. The van der Waals surface area contributed by atoms with Crippen LogP contribution in [0.1, 0.15) is 38.5 Å². The van der Waals surface area contributed by atoms with Crippen molar-refractivity contribution in [2.24, 2.45) is 29.1 Å². The molecule has 0 amide bonds. The number of ketones is 1. The van der Waals surface area contributed by atoms with Gasteiger partial charge in [-0.15, -0.1) is 0 Å². The minimum Gasteiger partial charge on any atom is -0.469 e. The molecule has 0 unspecified atom stereocenters. The number of carbonyl (C=O) groups is 5. The average molecular weight is 462 g/mol. The molecule has 0 bridgehead atoms. The molecule has 5 atom stereocenters. The predicted molar refractivity (Wildman–Crippen MR) is 113 cm³/mol. The Morgan fingerprint density at radius 3 is 2.00 bits per heavy atom. The number of ether oxygens (including phenoxy) is 4. The summed E-state index contributed by atoms with van der Waals surface area (Å²) < 4.78 is 20.0. The fraction of sp³-hybridized carbons (Fsp3) is 0.625. The predicted octanol–water partition coefficient (Wildman–Crippen LogP) is 1.93. The van der Waals surface area contributed by atoms with Gasteiger partial charge in [0.05, 0.1) is 34.4 Å². The van der Waals surface area contributed by atoms with Crippen LogP contribution in [0.4, 0.5) is 0 Å². The van der Waals surface area contributed by atoms with Gasteiger partial charge in [-0.05, 0) is 55.9 Å². The Morgan fingerprint density at radius 2 is 1.45 bits per heavy atom. The first-order chi connectivity index (χ1) is 15.8. The largest absolute Gasteiger partial charge is 0.469 e. The Bertz CT molecular complexity index is 915. The second-order valence-corrected chi connectivity index (χ2v) is 8.57. The maximum atomic E-state index is 13.6. The van der Waals surface area contributed by atoms with Crippen molar-refractivity contribution in [2.45, 2.75) is 38.5 Å². The molecule has 1 fully saturated rings. The lowest BCUT2D eigenvalue weighted by Gasteiger charge is -2.36. The third kappa shape index (κ3) is 3.67. The van der Waals surface area contributed by atoms with Crippen molar-refractivity contribution in [3.8, 4) is 0 Å². The van der Waals surface area contributed by atoms with Crippen LogP contribution in [0.3, 0.4) is 0 Å². The van der Waals surface area contributed by atoms with Gasteiger partial charge in [-0.1, -0.05) is 12.2 Å². The Balaban J connectivity index is 2.40. The molecule has 0 aromatic heterocycles. The summed E-state index contributed by atoms with van der Waals surface area (Å²) in [6.45, 7) is 0. The average Bonchev–Trinajstić information content (AvgIpc) is 3.25. The summed E-state index contributed by atoms with van der Waals surface area (Å²) in [5, 5.41) is 0. The van der Waals surface area contributed by atoms with E-state index in [4.69, 9.17) is 18.9 Å². The first-order valence-electron chi connectivity index (χ1n) is 11.1. The van der Waals surface area contributed by atoms with Gasteiger partial charge >= 0.3 is 23.9 Å². The molecular formula is C24H30O9. The van der Waals surface area contributed by atoms with E-state index in [1.54, 1.807) is 0 Å². The van der Waals surface area contributed by atoms with E-state index in [9.17, 15) is 24.0 Å². The van der Waals surface area contributed by atoms with Crippen LogP contribution in [0, 0.1) is 29.1 Å². The van der Waals surface area contributed by atoms with Gasteiger partial charge in [0, 0.05) is 0 Å². The maximum absolute atomic E-state index is 13.6. The van der Waals surface area contributed by atoms with E-state index >= 15 is 0 Å². The van der Waals surface area contributed by atoms with E-state index in [1.807, 2.05) is 0 Å². The summed E-state index contributed by atoms with van der Waals surface area (Å²) in [5.74, 6) is -8.10. The summed E-state index contributed by atoms with van der Waals surface area (Å²) >= 11 is 0. The van der Waals surface area contributed by atoms with Gasteiger partial charge in [-0.25, -0.2) is 4.79 Å². The molecule has 9 nitrogen and oxygen atoms in total. The summed E-state index contributed by atoms with van der Waals surface area (Å²) in [7, 11) is 4.58. The number of hydrogen-bond donors (Lipinski definition) is 0. The number of esters is 4. The van der Waals surface area contributed by atoms with Crippen LogP contribution in [0.2, 0.25) is 0 Å². The van der Waals surface area contributed by atoms with Crippen LogP contribution in [-0.4, -0.2) is 58.1 Å². The Morgan fingerprint density at radius 1 is 0.848 bits per heavy atom. The zero-order chi connectivity index (χ0) is 24.3. The fourth-order valence-corrected chi connectivity index (χ4v) is 6.12. The van der Waals surface area contributed by atoms with Gasteiger partial charge in [0.1, 0.15) is 16.9 Å². The second-order valence-electron chi connectivity index (χ2n) is 8.57. The molecule has 180 valence electrons. The van der Waals surface area contributed by atoms with Crippen LogP contribution < -0.4 is 0 Å². The van der Waals surface area contributed by atoms with Gasteiger partial charge in [-0.2, -0.15) is 0 Å². The lowest BCUT2D eigenvalue weighted by Crippen LogP contribution is -2.48. The van der Waals surface area contributed by atoms with E-state index in [0.717, 1.165) is 40.6 Å². The normalized spacial score (nSPS) is 32.3. The highest BCUT2D eigenvalue weighted by Gasteiger charge is 2.75. The van der Waals surface area contributed by atoms with Gasteiger partial charge in [0.15, 0.2) is 5.78 Å². The SMILES string of the molecule is COC(=O)C1=C2[C@@H](C(=O)OC)[C@H]3CCC/C=C\CCC[C@@H]3[C@]2(C(=O)OC)[C@@H](C(=O)OC)C1=O. The first kappa shape index (κ1) is 24.7. The van der Waals surface area contributed by atoms with E-state index < -0.39 is 64.3 Å². The number of methoxy groups -OCH3 is 4. The second kappa shape index (κ2) is 9.89. The van der Waals surface area contributed by atoms with E-state index in [0.29, 0.717) is 19.3 Å². The summed E-state index contributed by atoms with van der Waals surface area (Å²) in [6.07, 6.45) is 8.02. The summed E-state index contributed by atoms with van der Waals surface area (Å²) in [5.41, 5.74) is -2.31. The number of Topliss-reactive ketones (excluding diaryl/α,β-unsaturated/α-hetero) is 1. The summed E-state index contributed by atoms with van der Waals surface area (Å²) in [4.78, 5) is 66.0. The molecule has 0 aromatic rings. The van der Waals surface area contributed by atoms with Crippen LogP contribution in [-0.2, 0) is 42.9 Å². The third-order valence-corrected chi connectivity index (χ3v) is 7.29. The Labute approximate surface area is 192 Å².